The summed E-state index contributed by atoms with van der Waals surface area (Å²) in [4.78, 5) is 4.56. The highest BCUT2D eigenvalue weighted by molar-refractivity contribution is 5.60. The van der Waals surface area contributed by atoms with E-state index in [2.05, 4.69) is 56.2 Å². The van der Waals surface area contributed by atoms with Gasteiger partial charge in [-0.3, -0.25) is 0 Å². The number of oxazole rings is 1. The first-order valence-electron chi connectivity index (χ1n) is 6.77. The fourth-order valence-electron chi connectivity index (χ4n) is 2.09. The summed E-state index contributed by atoms with van der Waals surface area (Å²) in [5.41, 5.74) is 3.36. The molecule has 0 atom stereocenters. The van der Waals surface area contributed by atoms with Gasteiger partial charge in [-0.15, -0.1) is 0 Å². The third kappa shape index (κ3) is 3.24. The number of hydrogen-bond acceptors (Lipinski definition) is 3. The molecule has 0 saturated heterocycles. The molecule has 0 aliphatic rings. The number of hydrogen-bond donors (Lipinski definition) is 1. The van der Waals surface area contributed by atoms with Gasteiger partial charge in [0.25, 0.3) is 0 Å². The normalized spacial score (nSPS) is 11.8. The smallest absolute Gasteiger partial charge is 0.226 e. The first-order chi connectivity index (χ1) is 9.02. The van der Waals surface area contributed by atoms with E-state index >= 15 is 0 Å². The number of aromatic nitrogens is 1. The summed E-state index contributed by atoms with van der Waals surface area (Å²) in [6.45, 7) is 10.4. The molecule has 102 valence electrons. The minimum atomic E-state index is 0.0763. The number of rotatable bonds is 4. The molecule has 1 N–H and O–H groups in total. The van der Waals surface area contributed by atoms with Crippen molar-refractivity contribution in [3.8, 4) is 11.5 Å². The number of benzene rings is 1. The average Bonchev–Trinajstić information content (AvgIpc) is 2.84. The zero-order valence-electron chi connectivity index (χ0n) is 12.2. The van der Waals surface area contributed by atoms with Crippen LogP contribution in [0.25, 0.3) is 11.5 Å². The van der Waals surface area contributed by atoms with E-state index in [1.54, 1.807) is 6.26 Å². The van der Waals surface area contributed by atoms with E-state index in [1.165, 1.54) is 5.56 Å². The quantitative estimate of drug-likeness (QED) is 0.907. The highest BCUT2D eigenvalue weighted by Crippen LogP contribution is 2.32. The van der Waals surface area contributed by atoms with Crippen molar-refractivity contribution in [2.45, 2.75) is 39.7 Å². The van der Waals surface area contributed by atoms with Gasteiger partial charge in [0, 0.05) is 12.1 Å². The van der Waals surface area contributed by atoms with E-state index in [-0.39, 0.29) is 5.41 Å². The fraction of sp³-hybridized carbons (Fsp3) is 0.438. The summed E-state index contributed by atoms with van der Waals surface area (Å²) in [6, 6.07) is 8.30. The second-order valence-electron chi connectivity index (χ2n) is 5.72. The molecule has 0 saturated carbocycles. The summed E-state index contributed by atoms with van der Waals surface area (Å²) >= 11 is 0. The second kappa shape index (κ2) is 5.57. The summed E-state index contributed by atoms with van der Waals surface area (Å²) in [5, 5.41) is 3.25. The van der Waals surface area contributed by atoms with E-state index in [0.717, 1.165) is 24.3 Å². The van der Waals surface area contributed by atoms with Crippen molar-refractivity contribution in [2.24, 2.45) is 0 Å². The Morgan fingerprint density at radius 2 is 1.95 bits per heavy atom. The maximum Gasteiger partial charge on any atom is 0.226 e. The lowest BCUT2D eigenvalue weighted by molar-refractivity contribution is 0.558. The Hall–Kier alpha value is -1.61. The molecule has 3 nitrogen and oxygen atoms in total. The van der Waals surface area contributed by atoms with Crippen molar-refractivity contribution >= 4 is 0 Å². The van der Waals surface area contributed by atoms with Crippen LogP contribution in [0, 0.1) is 0 Å². The Kier molecular flexibility index (Phi) is 4.05. The van der Waals surface area contributed by atoms with Gasteiger partial charge in [0.15, 0.2) is 0 Å². The lowest BCUT2D eigenvalue weighted by Gasteiger charge is -2.21. The fourth-order valence-corrected chi connectivity index (χ4v) is 2.09. The molecule has 0 radical (unpaired) electrons. The molecule has 0 aliphatic heterocycles. The zero-order valence-corrected chi connectivity index (χ0v) is 12.2. The van der Waals surface area contributed by atoms with E-state index < -0.39 is 0 Å². The second-order valence-corrected chi connectivity index (χ2v) is 5.72. The van der Waals surface area contributed by atoms with Gasteiger partial charge in [0.1, 0.15) is 6.26 Å². The lowest BCUT2D eigenvalue weighted by Crippen LogP contribution is -2.13. The standard InChI is InChI=1S/C16H22N2O/c1-5-17-10-12-11-19-15(18-12)13-8-6-7-9-14(13)16(2,3)4/h6-9,11,17H,5,10H2,1-4H3. The van der Waals surface area contributed by atoms with Gasteiger partial charge in [-0.1, -0.05) is 45.9 Å². The Morgan fingerprint density at radius 1 is 1.21 bits per heavy atom. The predicted octanol–water partition coefficient (Wildman–Crippen LogP) is 3.75. The molecule has 3 heteroatoms. The summed E-state index contributed by atoms with van der Waals surface area (Å²) in [6.07, 6.45) is 1.73. The van der Waals surface area contributed by atoms with Crippen LogP contribution in [0.2, 0.25) is 0 Å². The van der Waals surface area contributed by atoms with Crippen molar-refractivity contribution in [3.63, 3.8) is 0 Å². The van der Waals surface area contributed by atoms with Crippen LogP contribution >= 0.6 is 0 Å². The molecular weight excluding hydrogens is 236 g/mol. The van der Waals surface area contributed by atoms with E-state index in [0.29, 0.717) is 5.89 Å². The van der Waals surface area contributed by atoms with Gasteiger partial charge < -0.3 is 9.73 Å². The highest BCUT2D eigenvalue weighted by atomic mass is 16.3. The van der Waals surface area contributed by atoms with E-state index in [9.17, 15) is 0 Å². The van der Waals surface area contributed by atoms with Crippen molar-refractivity contribution in [2.75, 3.05) is 6.54 Å². The Balaban J connectivity index is 2.34. The van der Waals surface area contributed by atoms with E-state index in [1.807, 2.05) is 6.07 Å². The Labute approximate surface area is 115 Å². The Bertz CT molecular complexity index is 538. The molecule has 0 aliphatic carbocycles. The topological polar surface area (TPSA) is 38.1 Å². The molecule has 0 unspecified atom stereocenters. The molecule has 1 aromatic heterocycles. The molecule has 1 aromatic carbocycles. The van der Waals surface area contributed by atoms with Gasteiger partial charge >= 0.3 is 0 Å². The van der Waals surface area contributed by atoms with Crippen LogP contribution in [0.15, 0.2) is 34.9 Å². The van der Waals surface area contributed by atoms with Gasteiger partial charge in [0.2, 0.25) is 5.89 Å². The molecule has 2 rings (SSSR count). The average molecular weight is 258 g/mol. The summed E-state index contributed by atoms with van der Waals surface area (Å²) in [5.74, 6) is 0.707. The van der Waals surface area contributed by atoms with Crippen LogP contribution < -0.4 is 5.32 Å². The van der Waals surface area contributed by atoms with Crippen LogP contribution in [0.4, 0.5) is 0 Å². The van der Waals surface area contributed by atoms with Gasteiger partial charge in [0.05, 0.1) is 5.69 Å². The van der Waals surface area contributed by atoms with Gasteiger partial charge in [-0.25, -0.2) is 4.98 Å². The maximum atomic E-state index is 5.63. The SMILES string of the molecule is CCNCc1coc(-c2ccccc2C(C)(C)C)n1. The number of nitrogens with one attached hydrogen (secondary N) is 1. The van der Waals surface area contributed by atoms with Crippen molar-refractivity contribution in [3.05, 3.63) is 41.8 Å². The first kappa shape index (κ1) is 13.8. The first-order valence-corrected chi connectivity index (χ1v) is 6.77. The Morgan fingerprint density at radius 3 is 2.63 bits per heavy atom. The van der Waals surface area contributed by atoms with Crippen LogP contribution in [-0.2, 0) is 12.0 Å². The molecule has 0 spiro atoms. The zero-order chi connectivity index (χ0) is 13.9. The third-order valence-corrected chi connectivity index (χ3v) is 3.07. The molecule has 0 fully saturated rings. The largest absolute Gasteiger partial charge is 0.444 e. The van der Waals surface area contributed by atoms with Crippen LogP contribution in [0.1, 0.15) is 39.0 Å². The van der Waals surface area contributed by atoms with Crippen molar-refractivity contribution < 1.29 is 4.42 Å². The minimum Gasteiger partial charge on any atom is -0.444 e. The lowest BCUT2D eigenvalue weighted by atomic mass is 9.84. The van der Waals surface area contributed by atoms with Gasteiger partial charge in [-0.05, 0) is 23.6 Å². The number of nitrogens with zero attached hydrogens (tertiary/aromatic N) is 1. The van der Waals surface area contributed by atoms with Gasteiger partial charge in [-0.2, -0.15) is 0 Å². The molecule has 0 bridgehead atoms. The summed E-state index contributed by atoms with van der Waals surface area (Å²) < 4.78 is 5.63. The molecule has 19 heavy (non-hydrogen) atoms. The molecular formula is C16H22N2O. The molecule has 1 heterocycles. The predicted molar refractivity (Wildman–Crippen MR) is 78.0 cm³/mol. The third-order valence-electron chi connectivity index (χ3n) is 3.07. The van der Waals surface area contributed by atoms with Crippen LogP contribution in [-0.4, -0.2) is 11.5 Å². The molecule has 2 aromatic rings. The van der Waals surface area contributed by atoms with Crippen LogP contribution in [0.3, 0.4) is 0 Å². The highest BCUT2D eigenvalue weighted by Gasteiger charge is 2.20. The van der Waals surface area contributed by atoms with Crippen molar-refractivity contribution in [1.29, 1.82) is 0 Å². The van der Waals surface area contributed by atoms with Crippen LogP contribution in [0.5, 0.6) is 0 Å². The van der Waals surface area contributed by atoms with E-state index in [4.69, 9.17) is 4.42 Å². The maximum absolute atomic E-state index is 5.63. The summed E-state index contributed by atoms with van der Waals surface area (Å²) in [7, 11) is 0. The monoisotopic (exact) mass is 258 g/mol. The minimum absolute atomic E-state index is 0.0763. The van der Waals surface area contributed by atoms with Crippen molar-refractivity contribution in [1.82, 2.24) is 10.3 Å². The molecule has 0 amide bonds.